The van der Waals surface area contributed by atoms with Crippen LogP contribution in [0.2, 0.25) is 0 Å². The Bertz CT molecular complexity index is 105. The van der Waals surface area contributed by atoms with Crippen molar-refractivity contribution in [3.63, 3.8) is 0 Å². The fourth-order valence-electron chi connectivity index (χ4n) is 0.133. The standard InChI is InChI=1S/C5H5IO/c1-2-5(6)3-4-7/h2-4H,1H2. The molecule has 0 aromatic heterocycles. The molecule has 0 unspecified atom stereocenters. The second kappa shape index (κ2) is 4.05. The lowest BCUT2D eigenvalue weighted by atomic mass is 10.5. The summed E-state index contributed by atoms with van der Waals surface area (Å²) in [5.74, 6) is 0. The maximum absolute atomic E-state index is 9.65. The first-order chi connectivity index (χ1) is 3.31. The summed E-state index contributed by atoms with van der Waals surface area (Å²) in [6.45, 7) is 3.44. The van der Waals surface area contributed by atoms with E-state index in [0.29, 0.717) is 0 Å². The smallest absolute Gasteiger partial charge is 0.143 e. The molecule has 7 heavy (non-hydrogen) atoms. The lowest BCUT2D eigenvalue weighted by Crippen LogP contribution is -1.60. The SMILES string of the molecule is C=CC(I)=CC=O. The summed E-state index contributed by atoms with van der Waals surface area (Å²) in [6.07, 6.45) is 3.81. The highest BCUT2D eigenvalue weighted by Gasteiger charge is 1.74. The number of carbonyl (C=O) groups is 1. The van der Waals surface area contributed by atoms with Crippen molar-refractivity contribution in [2.75, 3.05) is 0 Å². The number of halogens is 1. The van der Waals surface area contributed by atoms with Gasteiger partial charge in [-0.2, -0.15) is 0 Å². The molecule has 0 aromatic carbocycles. The zero-order chi connectivity index (χ0) is 5.70. The minimum absolute atomic E-state index is 0.740. The third-order valence-electron chi connectivity index (χ3n) is 0.422. The van der Waals surface area contributed by atoms with E-state index in [9.17, 15) is 4.79 Å². The Labute approximate surface area is 56.2 Å². The molecule has 0 aliphatic heterocycles. The fraction of sp³-hybridized carbons (Fsp3) is 0. The molecule has 2 heteroatoms. The quantitative estimate of drug-likeness (QED) is 0.292. The molecule has 0 bridgehead atoms. The molecule has 0 spiro atoms. The zero-order valence-corrected chi connectivity index (χ0v) is 5.88. The van der Waals surface area contributed by atoms with Crippen LogP contribution in [-0.4, -0.2) is 6.29 Å². The zero-order valence-electron chi connectivity index (χ0n) is 3.73. The maximum Gasteiger partial charge on any atom is 0.143 e. The first kappa shape index (κ1) is 6.88. The van der Waals surface area contributed by atoms with Crippen LogP contribution in [-0.2, 0) is 4.79 Å². The number of rotatable bonds is 2. The van der Waals surface area contributed by atoms with E-state index in [0.717, 1.165) is 9.87 Å². The average molecular weight is 208 g/mol. The number of carbonyl (C=O) groups excluding carboxylic acids is 1. The molecule has 0 heterocycles. The van der Waals surface area contributed by atoms with Gasteiger partial charge in [0.05, 0.1) is 0 Å². The largest absolute Gasteiger partial charge is 0.299 e. The minimum atomic E-state index is 0.740. The molecule has 0 saturated heterocycles. The van der Waals surface area contributed by atoms with Crippen LogP contribution in [0.25, 0.3) is 0 Å². The minimum Gasteiger partial charge on any atom is -0.299 e. The highest BCUT2D eigenvalue weighted by atomic mass is 127. The summed E-state index contributed by atoms with van der Waals surface area (Å²) in [7, 11) is 0. The Balaban J connectivity index is 3.72. The number of aldehydes is 1. The van der Waals surface area contributed by atoms with Gasteiger partial charge in [0.1, 0.15) is 6.29 Å². The molecule has 0 rings (SSSR count). The van der Waals surface area contributed by atoms with Gasteiger partial charge in [-0.25, -0.2) is 0 Å². The molecule has 1 nitrogen and oxygen atoms in total. The van der Waals surface area contributed by atoms with Crippen molar-refractivity contribution in [2.24, 2.45) is 0 Å². The van der Waals surface area contributed by atoms with Crippen LogP contribution in [0.5, 0.6) is 0 Å². The molecular weight excluding hydrogens is 203 g/mol. The summed E-state index contributed by atoms with van der Waals surface area (Å²) in [4.78, 5) is 9.65. The van der Waals surface area contributed by atoms with Gasteiger partial charge in [0, 0.05) is 3.58 Å². The van der Waals surface area contributed by atoms with Gasteiger partial charge in [-0.15, -0.1) is 0 Å². The molecule has 0 aromatic rings. The van der Waals surface area contributed by atoms with Crippen molar-refractivity contribution >= 4 is 28.9 Å². The molecule has 0 amide bonds. The van der Waals surface area contributed by atoms with Crippen LogP contribution < -0.4 is 0 Å². The molecule has 0 fully saturated rings. The van der Waals surface area contributed by atoms with Crippen LogP contribution in [0.1, 0.15) is 0 Å². The van der Waals surface area contributed by atoms with Crippen molar-refractivity contribution in [3.8, 4) is 0 Å². The first-order valence-corrected chi connectivity index (χ1v) is 2.82. The normalized spacial score (nSPS) is 10.7. The molecule has 0 atom stereocenters. The highest BCUT2D eigenvalue weighted by Crippen LogP contribution is 2.02. The molecule has 0 aliphatic carbocycles. The van der Waals surface area contributed by atoms with Crippen molar-refractivity contribution in [1.29, 1.82) is 0 Å². The fourth-order valence-corrected chi connectivity index (χ4v) is 0.280. The predicted molar refractivity (Wildman–Crippen MR) is 38.4 cm³/mol. The van der Waals surface area contributed by atoms with Crippen LogP contribution in [0.3, 0.4) is 0 Å². The molecule has 0 saturated carbocycles. The Morgan fingerprint density at radius 2 is 2.29 bits per heavy atom. The van der Waals surface area contributed by atoms with Crippen molar-refractivity contribution in [2.45, 2.75) is 0 Å². The number of allylic oxidation sites excluding steroid dienone is 3. The maximum atomic E-state index is 9.65. The van der Waals surface area contributed by atoms with Crippen molar-refractivity contribution < 1.29 is 4.79 Å². The van der Waals surface area contributed by atoms with Gasteiger partial charge in [0.2, 0.25) is 0 Å². The van der Waals surface area contributed by atoms with Gasteiger partial charge in [0.25, 0.3) is 0 Å². The number of hydrogen-bond donors (Lipinski definition) is 0. The van der Waals surface area contributed by atoms with E-state index < -0.39 is 0 Å². The molecule has 38 valence electrons. The van der Waals surface area contributed by atoms with E-state index in [1.165, 1.54) is 6.08 Å². The molecule has 0 N–H and O–H groups in total. The van der Waals surface area contributed by atoms with Gasteiger partial charge in [0.15, 0.2) is 0 Å². The van der Waals surface area contributed by atoms with Gasteiger partial charge in [-0.3, -0.25) is 4.79 Å². The molecular formula is C5H5IO. The van der Waals surface area contributed by atoms with Gasteiger partial charge < -0.3 is 0 Å². The van der Waals surface area contributed by atoms with Crippen LogP contribution in [0.4, 0.5) is 0 Å². The third-order valence-corrected chi connectivity index (χ3v) is 1.22. The summed E-state index contributed by atoms with van der Waals surface area (Å²) in [5.41, 5.74) is 0. The summed E-state index contributed by atoms with van der Waals surface area (Å²) in [5, 5.41) is 0. The second-order valence-electron chi connectivity index (χ2n) is 0.892. The summed E-state index contributed by atoms with van der Waals surface area (Å²) >= 11 is 2.02. The van der Waals surface area contributed by atoms with E-state index in [2.05, 4.69) is 6.58 Å². The van der Waals surface area contributed by atoms with Gasteiger partial charge >= 0.3 is 0 Å². The van der Waals surface area contributed by atoms with E-state index >= 15 is 0 Å². The summed E-state index contributed by atoms with van der Waals surface area (Å²) < 4.78 is 0.868. The Morgan fingerprint density at radius 1 is 1.71 bits per heavy atom. The van der Waals surface area contributed by atoms with E-state index in [-0.39, 0.29) is 0 Å². The Hall–Kier alpha value is -0.120. The summed E-state index contributed by atoms with van der Waals surface area (Å²) in [6, 6.07) is 0. The lowest BCUT2D eigenvalue weighted by Gasteiger charge is -1.75. The monoisotopic (exact) mass is 208 g/mol. The molecule has 0 radical (unpaired) electrons. The van der Waals surface area contributed by atoms with E-state index in [4.69, 9.17) is 0 Å². The first-order valence-electron chi connectivity index (χ1n) is 1.74. The predicted octanol–water partition coefficient (Wildman–Crippen LogP) is 1.69. The average Bonchev–Trinajstić information content (AvgIpc) is 1.68. The van der Waals surface area contributed by atoms with Crippen LogP contribution in [0, 0.1) is 0 Å². The second-order valence-corrected chi connectivity index (χ2v) is 2.14. The van der Waals surface area contributed by atoms with E-state index in [1.807, 2.05) is 22.6 Å². The third kappa shape index (κ3) is 3.72. The van der Waals surface area contributed by atoms with Gasteiger partial charge in [-0.05, 0) is 28.7 Å². The van der Waals surface area contributed by atoms with Crippen LogP contribution >= 0.6 is 22.6 Å². The number of hydrogen-bond acceptors (Lipinski definition) is 1. The molecule has 0 aliphatic rings. The van der Waals surface area contributed by atoms with Gasteiger partial charge in [-0.1, -0.05) is 12.7 Å². The van der Waals surface area contributed by atoms with Crippen LogP contribution in [0.15, 0.2) is 22.3 Å². The lowest BCUT2D eigenvalue weighted by molar-refractivity contribution is -0.104. The van der Waals surface area contributed by atoms with Crippen molar-refractivity contribution in [1.82, 2.24) is 0 Å². The topological polar surface area (TPSA) is 17.1 Å². The van der Waals surface area contributed by atoms with E-state index in [1.54, 1.807) is 6.08 Å². The highest BCUT2D eigenvalue weighted by molar-refractivity contribution is 14.1. The van der Waals surface area contributed by atoms with Crippen molar-refractivity contribution in [3.05, 3.63) is 22.3 Å². The Kier molecular flexibility index (Phi) is 3.98. The Morgan fingerprint density at radius 3 is 2.43 bits per heavy atom.